The molecule has 0 radical (unpaired) electrons. The number of carbonyl (C=O) groups is 2. The van der Waals surface area contributed by atoms with E-state index in [0.29, 0.717) is 35.8 Å². The molecule has 0 spiro atoms. The van der Waals surface area contributed by atoms with E-state index in [4.69, 9.17) is 4.74 Å². The molecule has 0 N–H and O–H groups in total. The summed E-state index contributed by atoms with van der Waals surface area (Å²) in [6, 6.07) is 7.68. The Morgan fingerprint density at radius 3 is 2.71 bits per heavy atom. The number of methoxy groups -OCH3 is 1. The van der Waals surface area contributed by atoms with Crippen LogP contribution in [0.5, 0.6) is 5.75 Å². The van der Waals surface area contributed by atoms with Gasteiger partial charge in [0.2, 0.25) is 5.91 Å². The molecule has 1 aromatic rings. The number of hydrogen-bond acceptors (Lipinski definition) is 3. The molecule has 0 aromatic heterocycles. The van der Waals surface area contributed by atoms with Gasteiger partial charge in [-0.15, -0.1) is 0 Å². The van der Waals surface area contributed by atoms with Crippen molar-refractivity contribution in [3.05, 3.63) is 29.8 Å². The summed E-state index contributed by atoms with van der Waals surface area (Å²) in [5, 5.41) is 0. The van der Waals surface area contributed by atoms with Crippen molar-refractivity contribution in [3.63, 3.8) is 0 Å². The van der Waals surface area contributed by atoms with Crippen LogP contribution in [0.3, 0.4) is 0 Å². The number of rotatable bonds is 2. The van der Waals surface area contributed by atoms with E-state index in [1.807, 2.05) is 29.2 Å². The lowest BCUT2D eigenvalue weighted by atomic mass is 9.76. The van der Waals surface area contributed by atoms with Crippen molar-refractivity contribution in [3.8, 4) is 5.75 Å². The molecule has 3 saturated heterocycles. The average Bonchev–Trinajstić information content (AvgIpc) is 2.62. The molecular weight excluding hydrogens is 304 g/mol. The number of piperidine rings is 3. The lowest BCUT2D eigenvalue weighted by molar-refractivity contribution is -0.144. The van der Waals surface area contributed by atoms with Crippen LogP contribution in [0.15, 0.2) is 24.3 Å². The number of benzene rings is 1. The molecule has 128 valence electrons. The Labute approximate surface area is 142 Å². The molecule has 3 aliphatic rings. The van der Waals surface area contributed by atoms with Crippen molar-refractivity contribution in [1.82, 2.24) is 9.80 Å². The smallest absolute Gasteiger partial charge is 0.253 e. The minimum atomic E-state index is 0.0999. The number of likely N-dealkylation sites (tertiary alicyclic amines) is 1. The normalized spacial score (nSPS) is 29.2. The van der Waals surface area contributed by atoms with Crippen molar-refractivity contribution in [1.29, 1.82) is 0 Å². The van der Waals surface area contributed by atoms with E-state index >= 15 is 0 Å². The highest BCUT2D eigenvalue weighted by atomic mass is 16.5. The number of hydrogen-bond donors (Lipinski definition) is 0. The van der Waals surface area contributed by atoms with Crippen molar-refractivity contribution in [2.45, 2.75) is 31.7 Å². The first-order chi connectivity index (χ1) is 11.7. The fourth-order valence-electron chi connectivity index (χ4n) is 4.69. The number of carbonyl (C=O) groups excluding carboxylic acids is 2. The van der Waals surface area contributed by atoms with Crippen LogP contribution in [-0.4, -0.2) is 54.4 Å². The van der Waals surface area contributed by atoms with Gasteiger partial charge >= 0.3 is 0 Å². The van der Waals surface area contributed by atoms with Crippen LogP contribution in [0.25, 0.3) is 0 Å². The zero-order chi connectivity index (χ0) is 16.7. The maximum Gasteiger partial charge on any atom is 0.253 e. The minimum Gasteiger partial charge on any atom is -0.497 e. The first-order valence-electron chi connectivity index (χ1n) is 8.88. The molecule has 3 heterocycles. The van der Waals surface area contributed by atoms with E-state index in [-0.39, 0.29) is 5.91 Å². The highest BCUT2D eigenvalue weighted by Crippen LogP contribution is 2.38. The molecular formula is C19H24N2O3. The van der Waals surface area contributed by atoms with Crippen LogP contribution in [0.2, 0.25) is 0 Å². The fraction of sp³-hybridized carbons (Fsp3) is 0.579. The largest absolute Gasteiger partial charge is 0.497 e. The zero-order valence-electron chi connectivity index (χ0n) is 14.1. The van der Waals surface area contributed by atoms with E-state index in [1.54, 1.807) is 7.11 Å². The number of fused-ring (bicyclic) bond motifs is 4. The van der Waals surface area contributed by atoms with Crippen LogP contribution < -0.4 is 4.74 Å². The standard InChI is InChI=1S/C19H24N2O3/c1-24-16-7-5-14(6-8-16)19(23)20-10-13-9-15(12-20)17-3-2-4-18(22)21(17)11-13/h5-8,13,15,17H,2-4,9-12H2,1H3/t13?,15?,17-/m1/s1. The van der Waals surface area contributed by atoms with Gasteiger partial charge in [-0.3, -0.25) is 9.59 Å². The highest BCUT2D eigenvalue weighted by Gasteiger charge is 2.44. The van der Waals surface area contributed by atoms with Gasteiger partial charge in [0.05, 0.1) is 7.11 Å². The molecule has 2 amide bonds. The molecule has 0 saturated carbocycles. The molecule has 1 aromatic carbocycles. The first-order valence-corrected chi connectivity index (χ1v) is 8.88. The lowest BCUT2D eigenvalue weighted by Gasteiger charge is -2.52. The predicted molar refractivity (Wildman–Crippen MR) is 89.8 cm³/mol. The Balaban J connectivity index is 1.50. The SMILES string of the molecule is COc1ccc(C(=O)N2CC3CC(C2)[C@H]2CCCC(=O)N2C3)cc1. The second kappa shape index (κ2) is 6.11. The Morgan fingerprint density at radius 2 is 1.96 bits per heavy atom. The monoisotopic (exact) mass is 328 g/mol. The summed E-state index contributed by atoms with van der Waals surface area (Å²) in [5.41, 5.74) is 0.715. The predicted octanol–water partition coefficient (Wildman–Crippen LogP) is 2.17. The summed E-state index contributed by atoms with van der Waals surface area (Å²) in [6.07, 6.45) is 3.94. The summed E-state index contributed by atoms with van der Waals surface area (Å²) in [4.78, 5) is 29.2. The molecule has 24 heavy (non-hydrogen) atoms. The Bertz CT molecular complexity index is 643. The van der Waals surface area contributed by atoms with Crippen molar-refractivity contribution < 1.29 is 14.3 Å². The quantitative estimate of drug-likeness (QED) is 0.836. The Morgan fingerprint density at radius 1 is 1.17 bits per heavy atom. The van der Waals surface area contributed by atoms with Crippen molar-refractivity contribution in [2.75, 3.05) is 26.7 Å². The van der Waals surface area contributed by atoms with Gasteiger partial charge in [-0.1, -0.05) is 0 Å². The maximum atomic E-state index is 12.9. The molecule has 4 rings (SSSR count). The molecule has 3 aliphatic heterocycles. The zero-order valence-corrected chi connectivity index (χ0v) is 14.1. The van der Waals surface area contributed by atoms with Gasteiger partial charge in [0.1, 0.15) is 5.75 Å². The highest BCUT2D eigenvalue weighted by molar-refractivity contribution is 5.94. The molecule has 5 heteroatoms. The third-order valence-corrected chi connectivity index (χ3v) is 5.80. The van der Waals surface area contributed by atoms with Crippen molar-refractivity contribution >= 4 is 11.8 Å². The fourth-order valence-corrected chi connectivity index (χ4v) is 4.69. The molecule has 0 aliphatic carbocycles. The van der Waals surface area contributed by atoms with Gasteiger partial charge < -0.3 is 14.5 Å². The number of amides is 2. The number of nitrogens with zero attached hydrogens (tertiary/aromatic N) is 2. The summed E-state index contributed by atoms with van der Waals surface area (Å²) in [6.45, 7) is 2.36. The van der Waals surface area contributed by atoms with Gasteiger partial charge in [0, 0.05) is 37.7 Å². The summed E-state index contributed by atoms with van der Waals surface area (Å²) >= 11 is 0. The second-order valence-electron chi connectivity index (χ2n) is 7.31. The van der Waals surface area contributed by atoms with Gasteiger partial charge in [0.25, 0.3) is 5.91 Å². The van der Waals surface area contributed by atoms with Crippen molar-refractivity contribution in [2.24, 2.45) is 11.8 Å². The molecule has 5 nitrogen and oxygen atoms in total. The molecule has 3 atom stereocenters. The topological polar surface area (TPSA) is 49.9 Å². The van der Waals surface area contributed by atoms with Crippen LogP contribution in [-0.2, 0) is 4.79 Å². The summed E-state index contributed by atoms with van der Waals surface area (Å²) in [5.74, 6) is 2.03. The molecule has 2 unspecified atom stereocenters. The Hall–Kier alpha value is -2.04. The second-order valence-corrected chi connectivity index (χ2v) is 7.31. The third kappa shape index (κ3) is 2.66. The summed E-state index contributed by atoms with van der Waals surface area (Å²) < 4.78 is 5.16. The summed E-state index contributed by atoms with van der Waals surface area (Å²) in [7, 11) is 1.62. The van der Waals surface area contributed by atoms with E-state index < -0.39 is 0 Å². The lowest BCUT2D eigenvalue weighted by Crippen LogP contribution is -2.61. The third-order valence-electron chi connectivity index (χ3n) is 5.80. The van der Waals surface area contributed by atoms with E-state index in [9.17, 15) is 9.59 Å². The molecule has 3 fully saturated rings. The van der Waals surface area contributed by atoms with E-state index in [0.717, 1.165) is 44.6 Å². The minimum absolute atomic E-state index is 0.0999. The van der Waals surface area contributed by atoms with E-state index in [1.165, 1.54) is 0 Å². The Kier molecular flexibility index (Phi) is 3.94. The number of ether oxygens (including phenoxy) is 1. The van der Waals surface area contributed by atoms with Gasteiger partial charge in [-0.05, 0) is 55.4 Å². The van der Waals surface area contributed by atoms with Crippen LogP contribution in [0.4, 0.5) is 0 Å². The van der Waals surface area contributed by atoms with Crippen LogP contribution in [0, 0.1) is 11.8 Å². The first kappa shape index (κ1) is 15.5. The maximum absolute atomic E-state index is 12.9. The average molecular weight is 328 g/mol. The van der Waals surface area contributed by atoms with Gasteiger partial charge in [-0.25, -0.2) is 0 Å². The molecule has 2 bridgehead atoms. The van der Waals surface area contributed by atoms with Crippen LogP contribution in [0.1, 0.15) is 36.0 Å². The van der Waals surface area contributed by atoms with Gasteiger partial charge in [0.15, 0.2) is 0 Å². The van der Waals surface area contributed by atoms with E-state index in [2.05, 4.69) is 4.90 Å². The van der Waals surface area contributed by atoms with Crippen LogP contribution >= 0.6 is 0 Å². The van der Waals surface area contributed by atoms with Gasteiger partial charge in [-0.2, -0.15) is 0 Å².